The fourth-order valence-electron chi connectivity index (χ4n) is 1.83. The molecule has 0 aromatic carbocycles. The van der Waals surface area contributed by atoms with Crippen molar-refractivity contribution >= 4 is 22.7 Å². The van der Waals surface area contributed by atoms with Gasteiger partial charge in [0.2, 0.25) is 0 Å². The lowest BCUT2D eigenvalue weighted by molar-refractivity contribution is 0.528. The Morgan fingerprint density at radius 1 is 1.41 bits per heavy atom. The molecule has 0 saturated carbocycles. The summed E-state index contributed by atoms with van der Waals surface area (Å²) in [6, 6.07) is 4.82. The van der Waals surface area contributed by atoms with E-state index in [9.17, 15) is 0 Å². The van der Waals surface area contributed by atoms with Crippen molar-refractivity contribution in [2.75, 3.05) is 6.54 Å². The first-order valence-electron chi connectivity index (χ1n) is 5.97. The van der Waals surface area contributed by atoms with E-state index in [1.807, 2.05) is 11.3 Å². The van der Waals surface area contributed by atoms with Gasteiger partial charge in [-0.1, -0.05) is 13.0 Å². The van der Waals surface area contributed by atoms with Crippen LogP contribution >= 0.6 is 22.7 Å². The summed E-state index contributed by atoms with van der Waals surface area (Å²) in [5.74, 6) is 0. The molecule has 92 valence electrons. The van der Waals surface area contributed by atoms with Crippen molar-refractivity contribution in [1.82, 2.24) is 10.3 Å². The summed E-state index contributed by atoms with van der Waals surface area (Å²) >= 11 is 3.56. The van der Waals surface area contributed by atoms with Gasteiger partial charge in [0.1, 0.15) is 0 Å². The fourth-order valence-corrected chi connectivity index (χ4v) is 3.37. The van der Waals surface area contributed by atoms with Crippen molar-refractivity contribution in [2.45, 2.75) is 32.7 Å². The first kappa shape index (κ1) is 12.7. The van der Waals surface area contributed by atoms with Crippen molar-refractivity contribution in [3.63, 3.8) is 0 Å². The Morgan fingerprint density at radius 3 is 2.88 bits per heavy atom. The summed E-state index contributed by atoms with van der Waals surface area (Å²) in [5.41, 5.74) is 1.21. The van der Waals surface area contributed by atoms with Crippen LogP contribution < -0.4 is 5.32 Å². The van der Waals surface area contributed by atoms with E-state index in [0.717, 1.165) is 24.4 Å². The Bertz CT molecular complexity index is 434. The van der Waals surface area contributed by atoms with Gasteiger partial charge in [0, 0.05) is 29.3 Å². The zero-order valence-electron chi connectivity index (χ0n) is 10.3. The van der Waals surface area contributed by atoms with Crippen LogP contribution in [0.15, 0.2) is 22.9 Å². The van der Waals surface area contributed by atoms with Gasteiger partial charge < -0.3 is 5.32 Å². The first-order chi connectivity index (χ1) is 8.29. The Hall–Kier alpha value is -0.710. The Morgan fingerprint density at radius 2 is 2.29 bits per heavy atom. The molecule has 2 heterocycles. The predicted molar refractivity (Wildman–Crippen MR) is 75.9 cm³/mol. The maximum absolute atomic E-state index is 4.48. The average Bonchev–Trinajstić information content (AvgIpc) is 2.96. The Balaban J connectivity index is 1.81. The van der Waals surface area contributed by atoms with Crippen LogP contribution in [0, 0.1) is 6.92 Å². The zero-order valence-corrected chi connectivity index (χ0v) is 11.9. The number of rotatable bonds is 6. The highest BCUT2D eigenvalue weighted by Gasteiger charge is 2.09. The van der Waals surface area contributed by atoms with Crippen LogP contribution in [-0.4, -0.2) is 11.5 Å². The molecule has 2 aromatic heterocycles. The van der Waals surface area contributed by atoms with Gasteiger partial charge in [0.25, 0.3) is 0 Å². The maximum Gasteiger partial charge on any atom is 0.0897 e. The highest BCUT2D eigenvalue weighted by Crippen LogP contribution is 2.21. The van der Waals surface area contributed by atoms with E-state index >= 15 is 0 Å². The number of thiophene rings is 1. The molecule has 17 heavy (non-hydrogen) atoms. The second-order valence-corrected chi connectivity index (χ2v) is 6.08. The quantitative estimate of drug-likeness (QED) is 0.860. The van der Waals surface area contributed by atoms with Crippen LogP contribution in [0.1, 0.15) is 35.0 Å². The third-order valence-corrected chi connectivity index (χ3v) is 4.54. The molecule has 0 fully saturated rings. The van der Waals surface area contributed by atoms with Crippen molar-refractivity contribution in [3.8, 4) is 0 Å². The normalized spacial score (nSPS) is 12.8. The molecule has 2 aromatic rings. The molecular formula is C13H18N2S2. The number of aromatic nitrogens is 1. The Labute approximate surface area is 111 Å². The minimum atomic E-state index is 0.495. The number of aryl methyl sites for hydroxylation is 1. The number of hydrogen-bond acceptors (Lipinski definition) is 4. The van der Waals surface area contributed by atoms with Crippen LogP contribution in [0.2, 0.25) is 0 Å². The zero-order chi connectivity index (χ0) is 12.1. The fraction of sp³-hybridized carbons (Fsp3) is 0.462. The topological polar surface area (TPSA) is 24.9 Å². The summed E-state index contributed by atoms with van der Waals surface area (Å²) in [6.07, 6.45) is 2.16. The van der Waals surface area contributed by atoms with E-state index in [2.05, 4.69) is 47.0 Å². The molecule has 1 atom stereocenters. The minimum absolute atomic E-state index is 0.495. The smallest absolute Gasteiger partial charge is 0.0897 e. The SMILES string of the molecule is CCC(NCCc1csc(C)n1)c1cccs1. The molecule has 2 rings (SSSR count). The highest BCUT2D eigenvalue weighted by molar-refractivity contribution is 7.10. The number of nitrogens with one attached hydrogen (secondary N) is 1. The molecule has 0 amide bonds. The van der Waals surface area contributed by atoms with E-state index in [1.165, 1.54) is 10.6 Å². The molecule has 0 spiro atoms. The first-order valence-corrected chi connectivity index (χ1v) is 7.73. The van der Waals surface area contributed by atoms with Gasteiger partial charge in [0.15, 0.2) is 0 Å². The van der Waals surface area contributed by atoms with Gasteiger partial charge in [-0.3, -0.25) is 0 Å². The standard InChI is InChI=1S/C13H18N2S2/c1-3-12(13-5-4-8-16-13)14-7-6-11-9-17-10(2)15-11/h4-5,8-9,12,14H,3,6-7H2,1-2H3. The molecule has 0 aliphatic carbocycles. The number of hydrogen-bond donors (Lipinski definition) is 1. The van der Waals surface area contributed by atoms with Gasteiger partial charge in [-0.25, -0.2) is 4.98 Å². The lowest BCUT2D eigenvalue weighted by atomic mass is 10.2. The summed E-state index contributed by atoms with van der Waals surface area (Å²) < 4.78 is 0. The molecule has 0 aliphatic rings. The van der Waals surface area contributed by atoms with Crippen LogP contribution in [-0.2, 0) is 6.42 Å². The molecule has 0 aliphatic heterocycles. The maximum atomic E-state index is 4.48. The minimum Gasteiger partial charge on any atom is -0.309 e. The third kappa shape index (κ3) is 3.63. The molecule has 0 saturated heterocycles. The monoisotopic (exact) mass is 266 g/mol. The van der Waals surface area contributed by atoms with Crippen molar-refractivity contribution in [2.24, 2.45) is 0 Å². The van der Waals surface area contributed by atoms with Crippen molar-refractivity contribution < 1.29 is 0 Å². The van der Waals surface area contributed by atoms with Gasteiger partial charge >= 0.3 is 0 Å². The van der Waals surface area contributed by atoms with Gasteiger partial charge in [-0.05, 0) is 24.8 Å². The largest absolute Gasteiger partial charge is 0.309 e. The van der Waals surface area contributed by atoms with E-state index < -0.39 is 0 Å². The highest BCUT2D eigenvalue weighted by atomic mass is 32.1. The molecule has 0 bridgehead atoms. The van der Waals surface area contributed by atoms with E-state index in [4.69, 9.17) is 0 Å². The van der Waals surface area contributed by atoms with E-state index in [1.54, 1.807) is 11.3 Å². The second-order valence-electron chi connectivity index (χ2n) is 4.04. The summed E-state index contributed by atoms with van der Waals surface area (Å²) in [6.45, 7) is 5.28. The lowest BCUT2D eigenvalue weighted by Gasteiger charge is -2.14. The molecule has 1 N–H and O–H groups in total. The Kier molecular flexibility index (Phi) is 4.71. The van der Waals surface area contributed by atoms with Crippen molar-refractivity contribution in [1.29, 1.82) is 0 Å². The molecule has 4 heteroatoms. The van der Waals surface area contributed by atoms with Crippen LogP contribution in [0.5, 0.6) is 0 Å². The van der Waals surface area contributed by atoms with E-state index in [0.29, 0.717) is 6.04 Å². The average molecular weight is 266 g/mol. The predicted octanol–water partition coefficient (Wildman–Crippen LogP) is 3.80. The van der Waals surface area contributed by atoms with Crippen LogP contribution in [0.3, 0.4) is 0 Å². The summed E-state index contributed by atoms with van der Waals surface area (Å²) in [5, 5.41) is 9.06. The molecule has 0 radical (unpaired) electrons. The number of thiazole rings is 1. The summed E-state index contributed by atoms with van der Waals surface area (Å²) in [4.78, 5) is 5.91. The number of nitrogens with zero attached hydrogens (tertiary/aromatic N) is 1. The lowest BCUT2D eigenvalue weighted by Crippen LogP contribution is -2.22. The third-order valence-electron chi connectivity index (χ3n) is 2.73. The van der Waals surface area contributed by atoms with Gasteiger partial charge in [-0.15, -0.1) is 22.7 Å². The summed E-state index contributed by atoms with van der Waals surface area (Å²) in [7, 11) is 0. The van der Waals surface area contributed by atoms with Crippen LogP contribution in [0.25, 0.3) is 0 Å². The molecule has 1 unspecified atom stereocenters. The van der Waals surface area contributed by atoms with Gasteiger partial charge in [0.05, 0.1) is 10.7 Å². The second kappa shape index (κ2) is 6.28. The molecular weight excluding hydrogens is 248 g/mol. The van der Waals surface area contributed by atoms with Gasteiger partial charge in [-0.2, -0.15) is 0 Å². The van der Waals surface area contributed by atoms with Crippen LogP contribution in [0.4, 0.5) is 0 Å². The van der Waals surface area contributed by atoms with E-state index in [-0.39, 0.29) is 0 Å². The van der Waals surface area contributed by atoms with Crippen molar-refractivity contribution in [3.05, 3.63) is 38.5 Å². The molecule has 2 nitrogen and oxygen atoms in total.